The third-order valence-corrected chi connectivity index (χ3v) is 7.89. The van der Waals surface area contributed by atoms with E-state index in [2.05, 4.69) is 39.9 Å². The molecule has 0 radical (unpaired) electrons. The van der Waals surface area contributed by atoms with Gasteiger partial charge in [0.1, 0.15) is 22.0 Å². The number of hydrogen-bond donors (Lipinski definition) is 4. The zero-order chi connectivity index (χ0) is 32.8. The van der Waals surface area contributed by atoms with Gasteiger partial charge in [-0.15, -0.1) is 14.6 Å². The van der Waals surface area contributed by atoms with Gasteiger partial charge >= 0.3 is 6.08 Å². The number of nitrogens with one attached hydrogen (secondary N) is 1. The van der Waals surface area contributed by atoms with Gasteiger partial charge in [0.2, 0.25) is 11.9 Å². The molecule has 0 saturated heterocycles. The van der Waals surface area contributed by atoms with Gasteiger partial charge in [0.25, 0.3) is 10.1 Å². The number of phenolic OH excluding ortho intramolecular Hbond substituents is 1. The number of phenols is 1. The van der Waals surface area contributed by atoms with Crippen molar-refractivity contribution in [3.05, 3.63) is 78.9 Å². The van der Waals surface area contributed by atoms with Crippen molar-refractivity contribution in [2.24, 2.45) is 10.2 Å². The molecule has 5 rings (SSSR count). The highest BCUT2D eigenvalue weighted by atomic mass is 32.2. The van der Waals surface area contributed by atoms with Crippen LogP contribution < -0.4 is 15.0 Å². The molecule has 0 saturated carbocycles. The van der Waals surface area contributed by atoms with Crippen LogP contribution in [0.2, 0.25) is 0 Å². The number of rotatable bonds is 12. The first-order valence-electron chi connectivity index (χ1n) is 13.1. The van der Waals surface area contributed by atoms with Crippen LogP contribution in [0.4, 0.5) is 39.0 Å². The van der Waals surface area contributed by atoms with E-state index in [0.29, 0.717) is 29.7 Å². The molecule has 0 aliphatic heterocycles. The summed E-state index contributed by atoms with van der Waals surface area (Å²) in [4.78, 5) is 13.2. The number of hydrogen-bond acceptors (Lipinski definition) is 15. The van der Waals surface area contributed by atoms with Gasteiger partial charge in [0, 0.05) is 29.4 Å². The number of nitrogens with zero attached hydrogens (tertiary/aromatic N) is 6. The highest BCUT2D eigenvalue weighted by Crippen LogP contribution is 2.45. The third kappa shape index (κ3) is 7.28. The highest BCUT2D eigenvalue weighted by molar-refractivity contribution is 7.94. The van der Waals surface area contributed by atoms with E-state index in [0.717, 1.165) is 11.8 Å². The number of para-hydroxylation sites is 1. The molecule has 1 heterocycles. The Morgan fingerprint density at radius 1 is 1.02 bits per heavy atom. The van der Waals surface area contributed by atoms with Crippen molar-refractivity contribution in [3.8, 4) is 11.5 Å². The van der Waals surface area contributed by atoms with E-state index in [1.165, 1.54) is 31.4 Å². The zero-order valence-corrected chi connectivity index (χ0v) is 25.5. The van der Waals surface area contributed by atoms with Crippen molar-refractivity contribution in [1.82, 2.24) is 15.0 Å². The molecular formula is C28H24FN7O8S2. The first kappa shape index (κ1) is 32.4. The van der Waals surface area contributed by atoms with Crippen molar-refractivity contribution in [2.75, 3.05) is 23.9 Å². The van der Waals surface area contributed by atoms with Crippen LogP contribution in [0.15, 0.2) is 92.8 Å². The molecule has 0 unspecified atom stereocenters. The minimum absolute atomic E-state index is 0.0772. The minimum atomic E-state index is -4.72. The quantitative estimate of drug-likeness (QED) is 0.0352. The summed E-state index contributed by atoms with van der Waals surface area (Å²) in [5.41, 5.74) is 0.732. The average molecular weight is 670 g/mol. The lowest BCUT2D eigenvalue weighted by atomic mass is 10.1. The van der Waals surface area contributed by atoms with E-state index in [1.807, 2.05) is 37.3 Å². The molecule has 0 aliphatic rings. The number of anilines is 4. The molecular weight excluding hydrogens is 645 g/mol. The molecule has 0 amide bonds. The van der Waals surface area contributed by atoms with Gasteiger partial charge in [0.15, 0.2) is 5.75 Å². The Labute approximate surface area is 265 Å². The number of halogens is 1. The Morgan fingerprint density at radius 2 is 1.80 bits per heavy atom. The fraction of sp³-hybridized carbons (Fsp3) is 0.107. The summed E-state index contributed by atoms with van der Waals surface area (Å²) >= 11 is 0.462. The van der Waals surface area contributed by atoms with Crippen LogP contribution in [0.1, 0.15) is 6.92 Å². The van der Waals surface area contributed by atoms with E-state index in [9.17, 15) is 22.5 Å². The summed E-state index contributed by atoms with van der Waals surface area (Å²) in [5.74, 6) is -0.240. The van der Waals surface area contributed by atoms with Gasteiger partial charge in [0.05, 0.1) is 24.0 Å². The maximum atomic E-state index is 14.5. The number of ether oxygens (including phenoxy) is 1. The van der Waals surface area contributed by atoms with Crippen molar-refractivity contribution in [1.29, 1.82) is 0 Å². The molecule has 4 aromatic carbocycles. The summed E-state index contributed by atoms with van der Waals surface area (Å²) in [6, 6.07) is 19.1. The highest BCUT2D eigenvalue weighted by Gasteiger charge is 2.20. The molecule has 1 aromatic heterocycles. The second-order valence-corrected chi connectivity index (χ2v) is 11.3. The predicted molar refractivity (Wildman–Crippen MR) is 165 cm³/mol. The van der Waals surface area contributed by atoms with Crippen LogP contribution in [-0.2, 0) is 19.5 Å². The van der Waals surface area contributed by atoms with E-state index in [-0.39, 0.29) is 39.3 Å². The van der Waals surface area contributed by atoms with Crippen LogP contribution in [0.25, 0.3) is 10.8 Å². The Hall–Kier alpha value is -4.98. The van der Waals surface area contributed by atoms with Gasteiger partial charge < -0.3 is 20.1 Å². The van der Waals surface area contributed by atoms with Crippen LogP contribution in [0.3, 0.4) is 0 Å². The smallest absolute Gasteiger partial charge is 0.315 e. The van der Waals surface area contributed by atoms with Crippen molar-refractivity contribution in [3.63, 3.8) is 0 Å². The molecule has 0 atom stereocenters. The lowest BCUT2D eigenvalue weighted by Gasteiger charge is -2.21. The van der Waals surface area contributed by atoms with Crippen LogP contribution in [0.5, 0.6) is 11.5 Å². The standard InChI is InChI=1S/C28H24FN7O8S2/c1-3-36(18-7-5-4-6-8-18)28-32-26(29)31-27(33-28)30-17-9-11-20-16(13-17)14-22(45-44-43-38)24(25(20)37)35-34-21-12-10-19(42-2)15-23(21)46(39,40)41/h4-15,37-38H,3H2,1-2H3,(H,39,40,41)(H,30,31,32,33)/b35-34+. The van der Waals surface area contributed by atoms with Crippen LogP contribution in [-0.4, -0.2) is 51.9 Å². The second kappa shape index (κ2) is 14.0. The molecule has 0 bridgehead atoms. The fourth-order valence-corrected chi connectivity index (χ4v) is 5.48. The molecule has 238 valence electrons. The van der Waals surface area contributed by atoms with E-state index >= 15 is 0 Å². The Bertz CT molecular complexity index is 2020. The summed E-state index contributed by atoms with van der Waals surface area (Å²) in [7, 11) is -3.41. The maximum absolute atomic E-state index is 14.5. The van der Waals surface area contributed by atoms with Gasteiger partial charge in [-0.25, -0.2) is 5.26 Å². The zero-order valence-electron chi connectivity index (χ0n) is 23.9. The second-order valence-electron chi connectivity index (χ2n) is 9.18. The lowest BCUT2D eigenvalue weighted by Crippen LogP contribution is -2.20. The number of methoxy groups -OCH3 is 1. The van der Waals surface area contributed by atoms with Crippen molar-refractivity contribution >= 4 is 67.6 Å². The molecule has 18 heteroatoms. The van der Waals surface area contributed by atoms with Crippen molar-refractivity contribution in [2.45, 2.75) is 16.7 Å². The number of benzene rings is 4. The Morgan fingerprint density at radius 3 is 2.50 bits per heavy atom. The largest absolute Gasteiger partial charge is 0.505 e. The maximum Gasteiger partial charge on any atom is 0.315 e. The number of aromatic nitrogens is 3. The van der Waals surface area contributed by atoms with Crippen molar-refractivity contribution < 1.29 is 41.8 Å². The normalized spacial score (nSPS) is 11.7. The van der Waals surface area contributed by atoms with Crippen LogP contribution >= 0.6 is 12.0 Å². The summed E-state index contributed by atoms with van der Waals surface area (Å²) in [6.07, 6.45) is -0.996. The van der Waals surface area contributed by atoms with Gasteiger partial charge in [-0.1, -0.05) is 23.2 Å². The summed E-state index contributed by atoms with van der Waals surface area (Å²) in [5, 5.41) is 35.1. The first-order chi connectivity index (χ1) is 22.1. The Kier molecular flexibility index (Phi) is 9.85. The fourth-order valence-electron chi connectivity index (χ4n) is 4.35. The monoisotopic (exact) mass is 669 g/mol. The predicted octanol–water partition coefficient (Wildman–Crippen LogP) is 6.87. The first-order valence-corrected chi connectivity index (χ1v) is 15.3. The summed E-state index contributed by atoms with van der Waals surface area (Å²) < 4.78 is 57.6. The van der Waals surface area contributed by atoms with Gasteiger partial charge in [-0.05, 0) is 60.8 Å². The number of aromatic hydroxyl groups is 1. The molecule has 0 aliphatic carbocycles. The van der Waals surface area contributed by atoms with E-state index in [4.69, 9.17) is 9.99 Å². The summed E-state index contributed by atoms with van der Waals surface area (Å²) in [6.45, 7) is 2.33. The molecule has 15 nitrogen and oxygen atoms in total. The average Bonchev–Trinajstić information content (AvgIpc) is 3.03. The SMILES string of the molecule is CCN(c1ccccc1)c1nc(F)nc(Nc2ccc3c(O)c(/N=N/c4ccc(OC)cc4S(=O)(=O)O)c(SOOO)cc3c2)n1. The molecule has 4 N–H and O–H groups in total. The number of fused-ring (bicyclic) bond motifs is 1. The van der Waals surface area contributed by atoms with Crippen LogP contribution in [0, 0.1) is 6.08 Å². The Balaban J connectivity index is 1.51. The topological polar surface area (TPSA) is 201 Å². The lowest BCUT2D eigenvalue weighted by molar-refractivity contribution is -0.432. The van der Waals surface area contributed by atoms with Gasteiger partial charge in [-0.3, -0.25) is 4.55 Å². The molecule has 0 spiro atoms. The van der Waals surface area contributed by atoms with E-state index < -0.39 is 26.8 Å². The molecule has 5 aromatic rings. The third-order valence-electron chi connectivity index (χ3n) is 6.39. The molecule has 0 fully saturated rings. The van der Waals surface area contributed by atoms with E-state index in [1.54, 1.807) is 17.0 Å². The van der Waals surface area contributed by atoms with Gasteiger partial charge in [-0.2, -0.15) is 27.8 Å². The minimum Gasteiger partial charge on any atom is -0.505 e. The molecule has 46 heavy (non-hydrogen) atoms. The number of azo groups is 1.